The molecule has 2 amide bonds. The maximum absolute atomic E-state index is 12.3. The van der Waals surface area contributed by atoms with Crippen LogP contribution in [0.1, 0.15) is 12.0 Å². The first-order valence-electron chi connectivity index (χ1n) is 7.61. The van der Waals surface area contributed by atoms with Gasteiger partial charge in [-0.3, -0.25) is 9.59 Å². The first kappa shape index (κ1) is 16.9. The molecule has 0 spiro atoms. The molecule has 0 saturated carbocycles. The van der Waals surface area contributed by atoms with Crippen LogP contribution in [0.4, 0.5) is 11.4 Å². The highest BCUT2D eigenvalue weighted by molar-refractivity contribution is 7.99. The van der Waals surface area contributed by atoms with Gasteiger partial charge in [0, 0.05) is 27.8 Å². The van der Waals surface area contributed by atoms with Crippen molar-refractivity contribution in [3.05, 3.63) is 53.1 Å². The lowest BCUT2D eigenvalue weighted by molar-refractivity contribution is -0.124. The lowest BCUT2D eigenvalue weighted by Gasteiger charge is -2.13. The summed E-state index contributed by atoms with van der Waals surface area (Å²) in [6.07, 6.45) is 0.137. The van der Waals surface area contributed by atoms with Gasteiger partial charge in [0.1, 0.15) is 0 Å². The third-order valence-electron chi connectivity index (χ3n) is 3.84. The first-order valence-corrected chi connectivity index (χ1v) is 8.98. The summed E-state index contributed by atoms with van der Waals surface area (Å²) in [7, 11) is 0. The highest BCUT2D eigenvalue weighted by Crippen LogP contribution is 2.33. The fourth-order valence-corrected chi connectivity index (χ4v) is 3.73. The molecule has 2 aromatic carbocycles. The minimum atomic E-state index is -0.372. The predicted molar refractivity (Wildman–Crippen MR) is 98.7 cm³/mol. The lowest BCUT2D eigenvalue weighted by atomic mass is 10.1. The summed E-state index contributed by atoms with van der Waals surface area (Å²) in [6.45, 7) is 1.90. The van der Waals surface area contributed by atoms with Crippen LogP contribution in [0.25, 0.3) is 0 Å². The highest BCUT2D eigenvalue weighted by Gasteiger charge is 2.26. The average Bonchev–Trinajstić information content (AvgIpc) is 2.70. The van der Waals surface area contributed by atoms with E-state index in [9.17, 15) is 9.59 Å². The van der Waals surface area contributed by atoms with Crippen LogP contribution in [-0.2, 0) is 9.59 Å². The van der Waals surface area contributed by atoms with Crippen molar-refractivity contribution in [3.8, 4) is 0 Å². The zero-order valence-corrected chi connectivity index (χ0v) is 14.7. The minimum Gasteiger partial charge on any atom is -0.326 e. The van der Waals surface area contributed by atoms with Crippen LogP contribution in [-0.4, -0.2) is 17.6 Å². The van der Waals surface area contributed by atoms with Gasteiger partial charge in [0.2, 0.25) is 11.8 Å². The molecule has 1 atom stereocenters. The van der Waals surface area contributed by atoms with E-state index in [-0.39, 0.29) is 24.2 Å². The Morgan fingerprint density at radius 2 is 2.12 bits per heavy atom. The van der Waals surface area contributed by atoms with Crippen molar-refractivity contribution in [2.24, 2.45) is 5.92 Å². The summed E-state index contributed by atoms with van der Waals surface area (Å²) in [5.74, 6) is -0.111. The van der Waals surface area contributed by atoms with E-state index < -0.39 is 0 Å². The Morgan fingerprint density at radius 3 is 2.92 bits per heavy atom. The average molecular weight is 361 g/mol. The summed E-state index contributed by atoms with van der Waals surface area (Å²) >= 11 is 7.66. The van der Waals surface area contributed by atoms with Gasteiger partial charge in [-0.05, 0) is 36.8 Å². The number of carbonyl (C=O) groups excluding carboxylic acids is 2. The number of carbonyl (C=O) groups is 2. The molecule has 0 aromatic heterocycles. The molecule has 0 radical (unpaired) electrons. The molecule has 2 N–H and O–H groups in total. The van der Waals surface area contributed by atoms with Crippen LogP contribution in [0.3, 0.4) is 0 Å². The van der Waals surface area contributed by atoms with E-state index in [1.165, 1.54) is 0 Å². The van der Waals surface area contributed by atoms with Gasteiger partial charge in [0.25, 0.3) is 0 Å². The second-order valence-electron chi connectivity index (χ2n) is 5.71. The van der Waals surface area contributed by atoms with Crippen LogP contribution in [0.2, 0.25) is 5.02 Å². The molecule has 0 fully saturated rings. The zero-order chi connectivity index (χ0) is 17.1. The minimum absolute atomic E-state index is 0.121. The van der Waals surface area contributed by atoms with Gasteiger partial charge >= 0.3 is 0 Å². The van der Waals surface area contributed by atoms with Crippen molar-refractivity contribution in [2.45, 2.75) is 18.2 Å². The molecule has 24 heavy (non-hydrogen) atoms. The van der Waals surface area contributed by atoms with E-state index in [4.69, 9.17) is 11.6 Å². The van der Waals surface area contributed by atoms with Gasteiger partial charge in [-0.15, -0.1) is 11.8 Å². The molecule has 1 aliphatic rings. The number of halogens is 1. The fraction of sp³-hybridized carbons (Fsp3) is 0.222. The molecule has 1 aliphatic heterocycles. The summed E-state index contributed by atoms with van der Waals surface area (Å²) in [5.41, 5.74) is 2.40. The maximum atomic E-state index is 12.3. The molecule has 3 rings (SSSR count). The molecule has 0 saturated heterocycles. The van der Waals surface area contributed by atoms with E-state index in [2.05, 4.69) is 10.6 Å². The Labute approximate surface area is 150 Å². The Morgan fingerprint density at radius 1 is 1.33 bits per heavy atom. The predicted octanol–water partition coefficient (Wildman–Crippen LogP) is 4.34. The van der Waals surface area contributed by atoms with Crippen molar-refractivity contribution in [1.82, 2.24) is 0 Å². The van der Waals surface area contributed by atoms with E-state index in [1.54, 1.807) is 23.9 Å². The van der Waals surface area contributed by atoms with Crippen LogP contribution in [0.5, 0.6) is 0 Å². The Kier molecular flexibility index (Phi) is 5.11. The number of fused-ring (bicyclic) bond motifs is 1. The standard InChI is InChI=1S/C18H17ClN2O2S/c1-11-6-7-13(9-14(11)19)20-17(22)8-12-10-24-16-5-3-2-4-15(16)21-18(12)23/h2-7,9,12H,8,10H2,1H3,(H,20,22)(H,21,23). The quantitative estimate of drug-likeness (QED) is 0.856. The SMILES string of the molecule is Cc1ccc(NC(=O)CC2CSc3ccccc3NC2=O)cc1Cl. The fourth-order valence-electron chi connectivity index (χ4n) is 2.45. The van der Waals surface area contributed by atoms with E-state index in [0.29, 0.717) is 16.5 Å². The van der Waals surface area contributed by atoms with Crippen LogP contribution < -0.4 is 10.6 Å². The molecular weight excluding hydrogens is 344 g/mol. The van der Waals surface area contributed by atoms with Gasteiger partial charge < -0.3 is 10.6 Å². The second kappa shape index (κ2) is 7.28. The van der Waals surface area contributed by atoms with Gasteiger partial charge in [0.15, 0.2) is 0 Å². The smallest absolute Gasteiger partial charge is 0.228 e. The Bertz CT molecular complexity index is 794. The number of amides is 2. The van der Waals surface area contributed by atoms with Gasteiger partial charge in [-0.1, -0.05) is 29.8 Å². The van der Waals surface area contributed by atoms with Crippen molar-refractivity contribution < 1.29 is 9.59 Å². The molecule has 1 heterocycles. The maximum Gasteiger partial charge on any atom is 0.228 e. The van der Waals surface area contributed by atoms with Crippen molar-refractivity contribution in [1.29, 1.82) is 0 Å². The molecular formula is C18H17ClN2O2S. The number of benzene rings is 2. The number of thioether (sulfide) groups is 1. The molecule has 6 heteroatoms. The molecule has 2 aromatic rings. The molecule has 0 aliphatic carbocycles. The van der Waals surface area contributed by atoms with E-state index >= 15 is 0 Å². The monoisotopic (exact) mass is 360 g/mol. The van der Waals surface area contributed by atoms with Crippen LogP contribution in [0.15, 0.2) is 47.4 Å². The van der Waals surface area contributed by atoms with E-state index in [0.717, 1.165) is 16.1 Å². The topological polar surface area (TPSA) is 58.2 Å². The van der Waals surface area contributed by atoms with Crippen molar-refractivity contribution >= 4 is 46.6 Å². The first-order chi connectivity index (χ1) is 11.5. The molecule has 4 nitrogen and oxygen atoms in total. The molecule has 0 bridgehead atoms. The number of para-hydroxylation sites is 1. The van der Waals surface area contributed by atoms with Crippen LogP contribution >= 0.6 is 23.4 Å². The highest BCUT2D eigenvalue weighted by atomic mass is 35.5. The second-order valence-corrected chi connectivity index (χ2v) is 7.18. The number of anilines is 2. The largest absolute Gasteiger partial charge is 0.326 e. The van der Waals surface area contributed by atoms with E-state index in [1.807, 2.05) is 37.3 Å². The van der Waals surface area contributed by atoms with Crippen molar-refractivity contribution in [2.75, 3.05) is 16.4 Å². The zero-order valence-electron chi connectivity index (χ0n) is 13.1. The normalized spacial score (nSPS) is 16.8. The summed E-state index contributed by atoms with van der Waals surface area (Å²) in [4.78, 5) is 25.6. The van der Waals surface area contributed by atoms with Gasteiger partial charge in [-0.25, -0.2) is 0 Å². The number of nitrogens with one attached hydrogen (secondary N) is 2. The van der Waals surface area contributed by atoms with Gasteiger partial charge in [0.05, 0.1) is 11.6 Å². The summed E-state index contributed by atoms with van der Waals surface area (Å²) in [5, 5.41) is 6.31. The van der Waals surface area contributed by atoms with Crippen molar-refractivity contribution in [3.63, 3.8) is 0 Å². The van der Waals surface area contributed by atoms with Crippen LogP contribution in [0, 0.1) is 12.8 Å². The Balaban J connectivity index is 1.64. The lowest BCUT2D eigenvalue weighted by Crippen LogP contribution is -2.28. The number of hydrogen-bond donors (Lipinski definition) is 2. The van der Waals surface area contributed by atoms with Gasteiger partial charge in [-0.2, -0.15) is 0 Å². The summed E-state index contributed by atoms with van der Waals surface area (Å²) in [6, 6.07) is 13.0. The Hall–Kier alpha value is -1.98. The number of hydrogen-bond acceptors (Lipinski definition) is 3. The molecule has 124 valence electrons. The third kappa shape index (κ3) is 3.91. The number of aryl methyl sites for hydroxylation is 1. The molecule has 1 unspecified atom stereocenters. The third-order valence-corrected chi connectivity index (χ3v) is 5.49. The number of rotatable bonds is 3. The summed E-state index contributed by atoms with van der Waals surface area (Å²) < 4.78 is 0.